The van der Waals surface area contributed by atoms with Crippen LogP contribution in [0.3, 0.4) is 0 Å². The van der Waals surface area contributed by atoms with Crippen LogP contribution in [0.2, 0.25) is 0 Å². The van der Waals surface area contributed by atoms with Gasteiger partial charge in [0.25, 0.3) is 0 Å². The maximum Gasteiger partial charge on any atom is 0.119 e. The fourth-order valence-electron chi connectivity index (χ4n) is 3.21. The van der Waals surface area contributed by atoms with Crippen molar-refractivity contribution >= 4 is 0 Å². The first kappa shape index (κ1) is 12.5. The predicted octanol–water partition coefficient (Wildman–Crippen LogP) is 2.02. The third kappa shape index (κ3) is 2.22. The number of benzene rings is 1. The molecule has 1 aromatic carbocycles. The lowest BCUT2D eigenvalue weighted by Crippen LogP contribution is -2.49. The zero-order valence-electron chi connectivity index (χ0n) is 11.3. The van der Waals surface area contributed by atoms with Crippen molar-refractivity contribution in [1.82, 2.24) is 4.90 Å². The van der Waals surface area contributed by atoms with Gasteiger partial charge in [-0.3, -0.25) is 4.90 Å². The molecule has 1 fully saturated rings. The van der Waals surface area contributed by atoms with E-state index < -0.39 is 0 Å². The van der Waals surface area contributed by atoms with Crippen molar-refractivity contribution in [3.05, 3.63) is 29.3 Å². The summed E-state index contributed by atoms with van der Waals surface area (Å²) in [5, 5.41) is 0. The fourth-order valence-corrected chi connectivity index (χ4v) is 3.21. The largest absolute Gasteiger partial charge is 0.497 e. The van der Waals surface area contributed by atoms with Crippen LogP contribution in [0, 0.1) is 12.3 Å². The molecule has 1 aromatic rings. The number of nitrogens with zero attached hydrogens (tertiary/aromatic N) is 1. The van der Waals surface area contributed by atoms with Gasteiger partial charge in [-0.2, -0.15) is 0 Å². The molecule has 0 aromatic heterocycles. The summed E-state index contributed by atoms with van der Waals surface area (Å²) in [5.41, 5.74) is 2.65. The van der Waals surface area contributed by atoms with E-state index in [4.69, 9.17) is 15.9 Å². The molecule has 3 heteroatoms. The molecule has 1 aliphatic heterocycles. The SMILES string of the molecule is C#CCN1CCOC2c3cc(OC)ccc3CCC21. The van der Waals surface area contributed by atoms with Crippen LogP contribution in [0.5, 0.6) is 5.75 Å². The number of rotatable bonds is 2. The van der Waals surface area contributed by atoms with Crippen LogP contribution < -0.4 is 4.74 Å². The quantitative estimate of drug-likeness (QED) is 0.757. The van der Waals surface area contributed by atoms with Gasteiger partial charge in [-0.15, -0.1) is 6.42 Å². The Morgan fingerprint density at radius 1 is 1.53 bits per heavy atom. The van der Waals surface area contributed by atoms with E-state index in [1.807, 2.05) is 6.07 Å². The molecule has 19 heavy (non-hydrogen) atoms. The number of aryl methyl sites for hydroxylation is 1. The van der Waals surface area contributed by atoms with Gasteiger partial charge >= 0.3 is 0 Å². The molecule has 0 spiro atoms. The van der Waals surface area contributed by atoms with Crippen molar-refractivity contribution in [2.45, 2.75) is 25.0 Å². The van der Waals surface area contributed by atoms with Gasteiger partial charge < -0.3 is 9.47 Å². The van der Waals surface area contributed by atoms with Gasteiger partial charge in [0.15, 0.2) is 0 Å². The third-order valence-corrected chi connectivity index (χ3v) is 4.16. The summed E-state index contributed by atoms with van der Waals surface area (Å²) in [7, 11) is 1.70. The Morgan fingerprint density at radius 2 is 2.42 bits per heavy atom. The van der Waals surface area contributed by atoms with Gasteiger partial charge in [0, 0.05) is 12.6 Å². The van der Waals surface area contributed by atoms with E-state index in [2.05, 4.69) is 23.0 Å². The number of hydrogen-bond acceptors (Lipinski definition) is 3. The second-order valence-corrected chi connectivity index (χ2v) is 5.14. The highest BCUT2D eigenvalue weighted by Crippen LogP contribution is 2.39. The number of terminal acetylenes is 1. The topological polar surface area (TPSA) is 21.7 Å². The molecule has 100 valence electrons. The lowest BCUT2D eigenvalue weighted by atomic mass is 9.84. The fraction of sp³-hybridized carbons (Fsp3) is 0.500. The molecule has 3 rings (SSSR count). The van der Waals surface area contributed by atoms with Gasteiger partial charge in [-0.1, -0.05) is 12.0 Å². The summed E-state index contributed by atoms with van der Waals surface area (Å²) in [4.78, 5) is 2.37. The minimum atomic E-state index is 0.140. The van der Waals surface area contributed by atoms with Crippen molar-refractivity contribution < 1.29 is 9.47 Å². The standard InChI is InChI=1S/C16H19NO2/c1-3-8-17-9-10-19-16-14-11-13(18-2)6-4-12(14)5-7-15(16)17/h1,4,6,11,15-16H,5,7-10H2,2H3. The van der Waals surface area contributed by atoms with E-state index in [9.17, 15) is 0 Å². The summed E-state index contributed by atoms with van der Waals surface area (Å²) in [6, 6.07) is 6.71. The van der Waals surface area contributed by atoms with Gasteiger partial charge in [0.2, 0.25) is 0 Å². The maximum atomic E-state index is 6.02. The van der Waals surface area contributed by atoms with E-state index in [1.54, 1.807) is 7.11 Å². The third-order valence-electron chi connectivity index (χ3n) is 4.16. The van der Waals surface area contributed by atoms with Crippen LogP contribution in [0.4, 0.5) is 0 Å². The Hall–Kier alpha value is -1.50. The molecular weight excluding hydrogens is 238 g/mol. The molecular formula is C16H19NO2. The van der Waals surface area contributed by atoms with Gasteiger partial charge in [0.05, 0.1) is 26.4 Å². The Labute approximate surface area is 114 Å². The normalized spacial score (nSPS) is 26.1. The summed E-state index contributed by atoms with van der Waals surface area (Å²) in [6.07, 6.45) is 7.81. The molecule has 2 aliphatic rings. The molecule has 1 heterocycles. The highest BCUT2D eigenvalue weighted by Gasteiger charge is 2.37. The van der Waals surface area contributed by atoms with E-state index >= 15 is 0 Å². The van der Waals surface area contributed by atoms with Gasteiger partial charge in [-0.25, -0.2) is 0 Å². The number of morpholine rings is 1. The Kier molecular flexibility index (Phi) is 3.46. The highest BCUT2D eigenvalue weighted by molar-refractivity contribution is 5.40. The summed E-state index contributed by atoms with van der Waals surface area (Å²) >= 11 is 0. The first-order chi connectivity index (χ1) is 9.33. The minimum absolute atomic E-state index is 0.140. The molecule has 0 bridgehead atoms. The lowest BCUT2D eigenvalue weighted by Gasteiger charge is -2.44. The average Bonchev–Trinajstić information content (AvgIpc) is 2.47. The number of methoxy groups -OCH3 is 1. The zero-order valence-corrected chi connectivity index (χ0v) is 11.3. The minimum Gasteiger partial charge on any atom is -0.497 e. The smallest absolute Gasteiger partial charge is 0.119 e. The van der Waals surface area contributed by atoms with Crippen LogP contribution in [0.25, 0.3) is 0 Å². The molecule has 0 saturated carbocycles. The Morgan fingerprint density at radius 3 is 3.21 bits per heavy atom. The van der Waals surface area contributed by atoms with Gasteiger partial charge in [0.1, 0.15) is 5.75 Å². The highest BCUT2D eigenvalue weighted by atomic mass is 16.5. The van der Waals surface area contributed by atoms with Crippen molar-refractivity contribution in [3.63, 3.8) is 0 Å². The molecule has 1 aliphatic carbocycles. The number of ether oxygens (including phenoxy) is 2. The lowest BCUT2D eigenvalue weighted by molar-refractivity contribution is -0.0755. The van der Waals surface area contributed by atoms with Crippen molar-refractivity contribution in [1.29, 1.82) is 0 Å². The van der Waals surface area contributed by atoms with E-state index in [-0.39, 0.29) is 6.10 Å². The van der Waals surface area contributed by atoms with Crippen LogP contribution in [0.15, 0.2) is 18.2 Å². The van der Waals surface area contributed by atoms with Crippen LogP contribution >= 0.6 is 0 Å². The van der Waals surface area contributed by atoms with Gasteiger partial charge in [-0.05, 0) is 36.1 Å². The zero-order chi connectivity index (χ0) is 13.2. The molecule has 0 N–H and O–H groups in total. The number of hydrogen-bond donors (Lipinski definition) is 0. The monoisotopic (exact) mass is 257 g/mol. The molecule has 2 unspecified atom stereocenters. The van der Waals surface area contributed by atoms with Crippen LogP contribution in [-0.2, 0) is 11.2 Å². The summed E-state index contributed by atoms with van der Waals surface area (Å²) < 4.78 is 11.4. The molecule has 1 saturated heterocycles. The van der Waals surface area contributed by atoms with Crippen molar-refractivity contribution in [2.24, 2.45) is 0 Å². The molecule has 2 atom stereocenters. The van der Waals surface area contributed by atoms with Crippen molar-refractivity contribution in [3.8, 4) is 18.1 Å². The molecule has 0 amide bonds. The van der Waals surface area contributed by atoms with E-state index in [1.165, 1.54) is 11.1 Å². The van der Waals surface area contributed by atoms with Crippen molar-refractivity contribution in [2.75, 3.05) is 26.8 Å². The first-order valence-corrected chi connectivity index (χ1v) is 6.79. The second-order valence-electron chi connectivity index (χ2n) is 5.14. The summed E-state index contributed by atoms with van der Waals surface area (Å²) in [5.74, 6) is 3.66. The van der Waals surface area contributed by atoms with E-state index in [0.717, 1.165) is 31.7 Å². The van der Waals surface area contributed by atoms with Crippen LogP contribution in [0.1, 0.15) is 23.7 Å². The average molecular weight is 257 g/mol. The van der Waals surface area contributed by atoms with E-state index in [0.29, 0.717) is 12.6 Å². The Bertz CT molecular complexity index is 506. The first-order valence-electron chi connectivity index (χ1n) is 6.79. The molecule has 0 radical (unpaired) electrons. The second kappa shape index (κ2) is 5.24. The number of fused-ring (bicyclic) bond motifs is 3. The molecule has 3 nitrogen and oxygen atoms in total. The maximum absolute atomic E-state index is 6.02. The Balaban J connectivity index is 1.93. The van der Waals surface area contributed by atoms with Crippen LogP contribution in [-0.4, -0.2) is 37.7 Å². The predicted molar refractivity (Wildman–Crippen MR) is 74.2 cm³/mol. The summed E-state index contributed by atoms with van der Waals surface area (Å²) in [6.45, 7) is 2.40.